The molecule has 2 aromatic rings. The second kappa shape index (κ2) is 11.9. The van der Waals surface area contributed by atoms with E-state index in [0.717, 1.165) is 43.3 Å². The molecule has 2 rings (SSSR count). The van der Waals surface area contributed by atoms with Crippen molar-refractivity contribution in [2.45, 2.75) is 59.5 Å². The van der Waals surface area contributed by atoms with Crippen LogP contribution in [0.25, 0.3) is 0 Å². The van der Waals surface area contributed by atoms with Crippen LogP contribution in [-0.4, -0.2) is 32.3 Å². The molecule has 0 spiro atoms. The summed E-state index contributed by atoms with van der Waals surface area (Å²) in [5.74, 6) is -0.264. The number of imidazole rings is 1. The van der Waals surface area contributed by atoms with Crippen LogP contribution in [0.3, 0.4) is 0 Å². The molecule has 0 aliphatic carbocycles. The fourth-order valence-electron chi connectivity index (χ4n) is 3.46. The second-order valence-corrected chi connectivity index (χ2v) is 8.56. The minimum Gasteiger partial charge on any atom is -0.478 e. The summed E-state index contributed by atoms with van der Waals surface area (Å²) in [6.07, 6.45) is 5.16. The van der Waals surface area contributed by atoms with Gasteiger partial charge < -0.3 is 15.0 Å². The number of carbonyl (C=O) groups is 2. The number of carbonyl (C=O) groups excluding carboxylic acids is 1. The number of aromatic carboxylic acids is 1. The first-order valence-corrected chi connectivity index (χ1v) is 11.3. The maximum Gasteiger partial charge on any atom is 0.335 e. The van der Waals surface area contributed by atoms with Crippen LogP contribution in [0.4, 0.5) is 4.39 Å². The van der Waals surface area contributed by atoms with Crippen molar-refractivity contribution < 1.29 is 19.1 Å². The van der Waals surface area contributed by atoms with Crippen LogP contribution in [0.2, 0.25) is 0 Å². The number of aromatic nitrogens is 2. The van der Waals surface area contributed by atoms with Gasteiger partial charge in [-0.2, -0.15) is 12.6 Å². The lowest BCUT2D eigenvalue weighted by Crippen LogP contribution is -2.33. The molecule has 0 saturated heterocycles. The van der Waals surface area contributed by atoms with Gasteiger partial charge in [0, 0.05) is 23.7 Å². The third-order valence-electron chi connectivity index (χ3n) is 5.19. The Balaban J connectivity index is 2.22. The summed E-state index contributed by atoms with van der Waals surface area (Å²) in [6.45, 7) is 6.74. The van der Waals surface area contributed by atoms with Crippen molar-refractivity contribution in [3.63, 3.8) is 0 Å². The molecular formula is C23H32FN3O3S. The Bertz CT molecular complexity index is 898. The quantitative estimate of drug-likeness (QED) is 0.422. The lowest BCUT2D eigenvalue weighted by atomic mass is 9.98. The Morgan fingerprint density at radius 1 is 1.32 bits per heavy atom. The molecular weight excluding hydrogens is 417 g/mol. The Labute approximate surface area is 188 Å². The Hall–Kier alpha value is -2.35. The summed E-state index contributed by atoms with van der Waals surface area (Å²) in [5, 5.41) is 12.0. The Morgan fingerprint density at radius 2 is 2.06 bits per heavy atom. The van der Waals surface area contributed by atoms with E-state index in [0.29, 0.717) is 17.2 Å². The molecule has 1 atom stereocenters. The number of carboxylic acids is 1. The number of thiol groups is 1. The molecule has 1 amide bonds. The summed E-state index contributed by atoms with van der Waals surface area (Å²) >= 11 is 4.31. The number of nitrogens with one attached hydrogen (secondary N) is 1. The number of aryl methyl sites for hydroxylation is 1. The smallest absolute Gasteiger partial charge is 0.335 e. The molecule has 1 aromatic carbocycles. The van der Waals surface area contributed by atoms with E-state index >= 15 is 0 Å². The molecule has 0 saturated carbocycles. The number of amides is 1. The number of benzene rings is 1. The van der Waals surface area contributed by atoms with Gasteiger partial charge in [-0.15, -0.1) is 0 Å². The molecule has 170 valence electrons. The second-order valence-electron chi connectivity index (χ2n) is 8.19. The van der Waals surface area contributed by atoms with E-state index in [2.05, 4.69) is 43.7 Å². The summed E-state index contributed by atoms with van der Waals surface area (Å²) in [4.78, 5) is 28.2. The van der Waals surface area contributed by atoms with Gasteiger partial charge in [0.15, 0.2) is 0 Å². The van der Waals surface area contributed by atoms with Gasteiger partial charge in [0.25, 0.3) is 0 Å². The largest absolute Gasteiger partial charge is 0.478 e. The SMILES string of the molecule is CCCCc1ncc(CNC(=O)C(CS)CC(C)C)n1Cc1ccc(C(=O)O)cc1F. The molecule has 0 bridgehead atoms. The molecule has 0 aliphatic rings. The lowest BCUT2D eigenvalue weighted by Gasteiger charge is -2.18. The van der Waals surface area contributed by atoms with E-state index in [1.165, 1.54) is 12.1 Å². The summed E-state index contributed by atoms with van der Waals surface area (Å²) < 4.78 is 16.4. The van der Waals surface area contributed by atoms with Crippen LogP contribution in [0, 0.1) is 17.7 Å². The predicted octanol–water partition coefficient (Wildman–Crippen LogP) is 4.32. The van der Waals surface area contributed by atoms with Crippen LogP contribution in [-0.2, 0) is 24.3 Å². The van der Waals surface area contributed by atoms with Gasteiger partial charge >= 0.3 is 5.97 Å². The number of rotatable bonds is 12. The van der Waals surface area contributed by atoms with Gasteiger partial charge in [-0.25, -0.2) is 14.2 Å². The maximum absolute atomic E-state index is 14.5. The number of unbranched alkanes of at least 4 members (excludes halogenated alkanes) is 1. The van der Waals surface area contributed by atoms with Gasteiger partial charge in [-0.3, -0.25) is 4.79 Å². The molecule has 1 unspecified atom stereocenters. The van der Waals surface area contributed by atoms with Crippen LogP contribution < -0.4 is 5.32 Å². The van der Waals surface area contributed by atoms with Gasteiger partial charge in [-0.05, 0) is 30.9 Å². The topological polar surface area (TPSA) is 84.2 Å². The molecule has 0 aliphatic heterocycles. The number of hydrogen-bond acceptors (Lipinski definition) is 4. The third kappa shape index (κ3) is 7.09. The highest BCUT2D eigenvalue weighted by atomic mass is 32.1. The van der Waals surface area contributed by atoms with E-state index in [4.69, 9.17) is 5.11 Å². The summed E-state index contributed by atoms with van der Waals surface area (Å²) in [7, 11) is 0. The minimum atomic E-state index is -1.17. The van der Waals surface area contributed by atoms with E-state index in [1.54, 1.807) is 6.20 Å². The molecule has 6 nitrogen and oxygen atoms in total. The highest BCUT2D eigenvalue weighted by Crippen LogP contribution is 2.18. The van der Waals surface area contributed by atoms with Crippen molar-refractivity contribution >= 4 is 24.5 Å². The maximum atomic E-state index is 14.5. The molecule has 0 fully saturated rings. The average Bonchev–Trinajstić information content (AvgIpc) is 3.11. The fraction of sp³-hybridized carbons (Fsp3) is 0.522. The molecule has 2 N–H and O–H groups in total. The number of nitrogens with zero attached hydrogens (tertiary/aromatic N) is 2. The fourth-order valence-corrected chi connectivity index (χ4v) is 3.77. The zero-order valence-corrected chi connectivity index (χ0v) is 19.3. The van der Waals surface area contributed by atoms with Crippen LogP contribution >= 0.6 is 12.6 Å². The Morgan fingerprint density at radius 3 is 2.65 bits per heavy atom. The van der Waals surface area contributed by atoms with Crippen molar-refractivity contribution in [3.05, 3.63) is 52.9 Å². The van der Waals surface area contributed by atoms with E-state index in [1.807, 2.05) is 4.57 Å². The molecule has 8 heteroatoms. The van der Waals surface area contributed by atoms with E-state index in [-0.39, 0.29) is 30.5 Å². The van der Waals surface area contributed by atoms with Crippen molar-refractivity contribution in [3.8, 4) is 0 Å². The van der Waals surface area contributed by atoms with Crippen molar-refractivity contribution in [1.82, 2.24) is 14.9 Å². The highest BCUT2D eigenvalue weighted by molar-refractivity contribution is 7.80. The zero-order chi connectivity index (χ0) is 23.0. The first-order chi connectivity index (χ1) is 14.8. The normalized spacial score (nSPS) is 12.2. The van der Waals surface area contributed by atoms with E-state index in [9.17, 15) is 14.0 Å². The number of carboxylic acid groups (broad SMARTS) is 1. The summed E-state index contributed by atoms with van der Waals surface area (Å²) in [5.41, 5.74) is 1.07. The summed E-state index contributed by atoms with van der Waals surface area (Å²) in [6, 6.07) is 3.92. The van der Waals surface area contributed by atoms with E-state index < -0.39 is 11.8 Å². The van der Waals surface area contributed by atoms with Crippen LogP contribution in [0.15, 0.2) is 24.4 Å². The average molecular weight is 450 g/mol. The van der Waals surface area contributed by atoms with Crippen molar-refractivity contribution in [1.29, 1.82) is 0 Å². The number of hydrogen-bond donors (Lipinski definition) is 3. The zero-order valence-electron chi connectivity index (χ0n) is 18.4. The monoisotopic (exact) mass is 449 g/mol. The first kappa shape index (κ1) is 24.9. The Kier molecular flexibility index (Phi) is 9.55. The third-order valence-corrected chi connectivity index (χ3v) is 5.63. The first-order valence-electron chi connectivity index (χ1n) is 10.7. The molecule has 1 heterocycles. The predicted molar refractivity (Wildman–Crippen MR) is 122 cm³/mol. The molecule has 31 heavy (non-hydrogen) atoms. The van der Waals surface area contributed by atoms with Crippen LogP contribution in [0.1, 0.15) is 67.5 Å². The van der Waals surface area contributed by atoms with Gasteiger partial charge in [0.2, 0.25) is 5.91 Å². The standard InChI is InChI=1S/C23H32FN3O3S/c1-4-5-6-21-25-11-19(12-26-22(28)18(14-31)9-15(2)3)27(21)13-17-8-7-16(23(29)30)10-20(17)24/h7-8,10-11,15,18,31H,4-6,9,12-14H2,1-3H3,(H,26,28)(H,29,30). The minimum absolute atomic E-state index is 0.0523. The highest BCUT2D eigenvalue weighted by Gasteiger charge is 2.19. The van der Waals surface area contributed by atoms with Crippen LogP contribution in [0.5, 0.6) is 0 Å². The van der Waals surface area contributed by atoms with Gasteiger partial charge in [0.1, 0.15) is 11.6 Å². The van der Waals surface area contributed by atoms with Crippen molar-refractivity contribution in [2.75, 3.05) is 5.75 Å². The van der Waals surface area contributed by atoms with Crippen molar-refractivity contribution in [2.24, 2.45) is 11.8 Å². The number of halogens is 1. The molecule has 0 radical (unpaired) electrons. The van der Waals surface area contributed by atoms with Gasteiger partial charge in [-0.1, -0.05) is 33.3 Å². The van der Waals surface area contributed by atoms with Gasteiger partial charge in [0.05, 0.1) is 30.5 Å². The molecule has 1 aromatic heterocycles. The lowest BCUT2D eigenvalue weighted by molar-refractivity contribution is -0.124.